The van der Waals surface area contributed by atoms with Gasteiger partial charge in [0, 0.05) is 6.07 Å². The number of ether oxygens (including phenoxy) is 1. The third kappa shape index (κ3) is 4.83. The van der Waals surface area contributed by atoms with E-state index in [2.05, 4.69) is 28.8 Å². The Morgan fingerprint density at radius 1 is 1.38 bits per heavy atom. The highest BCUT2D eigenvalue weighted by Gasteiger charge is 2.05. The summed E-state index contributed by atoms with van der Waals surface area (Å²) in [4.78, 5) is 11.6. The predicted molar refractivity (Wildman–Crippen MR) is 79.6 cm³/mol. The molecule has 0 bridgehead atoms. The van der Waals surface area contributed by atoms with Gasteiger partial charge in [-0.1, -0.05) is 24.2 Å². The minimum absolute atomic E-state index is 0.339. The number of aromatic nitrogens is 1. The van der Waals surface area contributed by atoms with Crippen LogP contribution in [-0.4, -0.2) is 24.3 Å². The number of hydrogen-bond acceptors (Lipinski definition) is 4. The van der Waals surface area contributed by atoms with Crippen molar-refractivity contribution < 1.29 is 14.1 Å². The normalized spacial score (nSPS) is 10.2. The van der Waals surface area contributed by atoms with Crippen LogP contribution in [0.3, 0.4) is 0 Å². The minimum atomic E-state index is -0.339. The van der Waals surface area contributed by atoms with Crippen LogP contribution in [0.15, 0.2) is 34.9 Å². The lowest BCUT2D eigenvalue weighted by molar-refractivity contribution is 0.247. The van der Waals surface area contributed by atoms with Crippen LogP contribution in [0.1, 0.15) is 18.2 Å². The Balaban J connectivity index is 1.68. The fourth-order valence-electron chi connectivity index (χ4n) is 1.77. The van der Waals surface area contributed by atoms with Crippen LogP contribution in [0.2, 0.25) is 0 Å². The second-order valence-electron chi connectivity index (χ2n) is 4.55. The summed E-state index contributed by atoms with van der Waals surface area (Å²) < 4.78 is 10.4. The zero-order chi connectivity index (χ0) is 15.1. The van der Waals surface area contributed by atoms with E-state index >= 15 is 0 Å². The second-order valence-corrected chi connectivity index (χ2v) is 4.55. The van der Waals surface area contributed by atoms with E-state index < -0.39 is 0 Å². The van der Waals surface area contributed by atoms with Gasteiger partial charge in [-0.3, -0.25) is 5.32 Å². The van der Waals surface area contributed by atoms with Gasteiger partial charge in [0.15, 0.2) is 5.82 Å². The first-order chi connectivity index (χ1) is 10.2. The molecule has 0 atom stereocenters. The molecule has 21 heavy (non-hydrogen) atoms. The molecule has 0 aliphatic carbocycles. The summed E-state index contributed by atoms with van der Waals surface area (Å²) in [5, 5.41) is 8.92. The molecular weight excluding hydrogens is 270 g/mol. The smallest absolute Gasteiger partial charge is 0.320 e. The molecule has 0 spiro atoms. The van der Waals surface area contributed by atoms with Crippen LogP contribution >= 0.6 is 0 Å². The molecule has 1 heterocycles. The summed E-state index contributed by atoms with van der Waals surface area (Å²) >= 11 is 0. The first kappa shape index (κ1) is 14.9. The molecule has 1 aromatic heterocycles. The molecule has 6 nitrogen and oxygen atoms in total. The Bertz CT molecular complexity index is 595. The molecule has 0 aliphatic rings. The zero-order valence-corrected chi connectivity index (χ0v) is 12.2. The molecule has 2 N–H and O–H groups in total. The maximum atomic E-state index is 11.6. The molecule has 0 saturated heterocycles. The summed E-state index contributed by atoms with van der Waals surface area (Å²) in [7, 11) is 0. The van der Waals surface area contributed by atoms with Crippen LogP contribution < -0.4 is 15.4 Å². The second kappa shape index (κ2) is 7.33. The van der Waals surface area contributed by atoms with E-state index in [1.54, 1.807) is 13.0 Å². The van der Waals surface area contributed by atoms with Crippen molar-refractivity contribution >= 4 is 11.8 Å². The van der Waals surface area contributed by atoms with E-state index in [1.807, 2.05) is 18.2 Å². The first-order valence-corrected chi connectivity index (χ1v) is 6.87. The largest absolute Gasteiger partial charge is 0.492 e. The van der Waals surface area contributed by atoms with Crippen molar-refractivity contribution in [1.29, 1.82) is 0 Å². The maximum absolute atomic E-state index is 11.6. The zero-order valence-electron chi connectivity index (χ0n) is 12.2. The molecule has 0 aliphatic heterocycles. The highest BCUT2D eigenvalue weighted by Crippen LogP contribution is 2.13. The third-order valence-electron chi connectivity index (χ3n) is 2.83. The number of rotatable bonds is 6. The van der Waals surface area contributed by atoms with Gasteiger partial charge in [-0.25, -0.2) is 4.79 Å². The van der Waals surface area contributed by atoms with Gasteiger partial charge in [0.2, 0.25) is 0 Å². The van der Waals surface area contributed by atoms with Gasteiger partial charge in [0.05, 0.1) is 6.54 Å². The van der Waals surface area contributed by atoms with E-state index in [9.17, 15) is 4.79 Å². The van der Waals surface area contributed by atoms with Crippen LogP contribution in [0.4, 0.5) is 10.6 Å². The van der Waals surface area contributed by atoms with E-state index in [4.69, 9.17) is 9.26 Å². The SMILES string of the molecule is CCc1cccc(OCCNC(=O)Nc2cc(C)on2)c1. The van der Waals surface area contributed by atoms with Gasteiger partial charge in [0.25, 0.3) is 0 Å². The van der Waals surface area contributed by atoms with Crippen LogP contribution in [0.5, 0.6) is 5.75 Å². The van der Waals surface area contributed by atoms with Gasteiger partial charge >= 0.3 is 6.03 Å². The van der Waals surface area contributed by atoms with Crippen molar-refractivity contribution in [3.63, 3.8) is 0 Å². The molecule has 2 rings (SSSR count). The van der Waals surface area contributed by atoms with Crippen molar-refractivity contribution in [2.75, 3.05) is 18.5 Å². The number of nitrogens with one attached hydrogen (secondary N) is 2. The Labute approximate surface area is 123 Å². The van der Waals surface area contributed by atoms with Crippen molar-refractivity contribution in [2.24, 2.45) is 0 Å². The molecule has 2 amide bonds. The summed E-state index contributed by atoms with van der Waals surface area (Å²) in [5.41, 5.74) is 1.22. The number of urea groups is 1. The van der Waals surface area contributed by atoms with Gasteiger partial charge < -0.3 is 14.6 Å². The molecule has 0 fully saturated rings. The number of hydrogen-bond donors (Lipinski definition) is 2. The highest BCUT2D eigenvalue weighted by atomic mass is 16.5. The van der Waals surface area contributed by atoms with Crippen LogP contribution in [0, 0.1) is 6.92 Å². The molecule has 0 saturated carbocycles. The number of carbonyl (C=O) groups excluding carboxylic acids is 1. The number of anilines is 1. The Hall–Kier alpha value is -2.50. The monoisotopic (exact) mass is 289 g/mol. The van der Waals surface area contributed by atoms with E-state index in [0.29, 0.717) is 24.7 Å². The number of nitrogens with zero attached hydrogens (tertiary/aromatic N) is 1. The van der Waals surface area contributed by atoms with E-state index in [0.717, 1.165) is 12.2 Å². The van der Waals surface area contributed by atoms with Crippen LogP contribution in [0.25, 0.3) is 0 Å². The van der Waals surface area contributed by atoms with Crippen molar-refractivity contribution in [1.82, 2.24) is 10.5 Å². The highest BCUT2D eigenvalue weighted by molar-refractivity contribution is 5.88. The Morgan fingerprint density at radius 2 is 2.24 bits per heavy atom. The van der Waals surface area contributed by atoms with Crippen molar-refractivity contribution in [3.05, 3.63) is 41.7 Å². The number of carbonyl (C=O) groups is 1. The quantitative estimate of drug-likeness (QED) is 0.802. The van der Waals surface area contributed by atoms with Gasteiger partial charge in [-0.05, 0) is 31.0 Å². The summed E-state index contributed by atoms with van der Waals surface area (Å²) in [5.74, 6) is 1.84. The topological polar surface area (TPSA) is 76.4 Å². The fourth-order valence-corrected chi connectivity index (χ4v) is 1.77. The van der Waals surface area contributed by atoms with Gasteiger partial charge in [-0.2, -0.15) is 0 Å². The van der Waals surface area contributed by atoms with Crippen LogP contribution in [-0.2, 0) is 6.42 Å². The lowest BCUT2D eigenvalue weighted by Crippen LogP contribution is -2.32. The molecule has 1 aromatic carbocycles. The average molecular weight is 289 g/mol. The number of aryl methyl sites for hydroxylation is 2. The Kier molecular flexibility index (Phi) is 5.20. The van der Waals surface area contributed by atoms with Crippen molar-refractivity contribution in [3.8, 4) is 5.75 Å². The molecule has 112 valence electrons. The summed E-state index contributed by atoms with van der Waals surface area (Å²) in [6.45, 7) is 4.66. The van der Waals surface area contributed by atoms with Gasteiger partial charge in [-0.15, -0.1) is 0 Å². The van der Waals surface area contributed by atoms with Crippen molar-refractivity contribution in [2.45, 2.75) is 20.3 Å². The summed E-state index contributed by atoms with van der Waals surface area (Å²) in [6.07, 6.45) is 0.967. The molecule has 6 heteroatoms. The molecule has 2 aromatic rings. The average Bonchev–Trinajstić information content (AvgIpc) is 2.89. The molecule has 0 unspecified atom stereocenters. The predicted octanol–water partition coefficient (Wildman–Crippen LogP) is 2.75. The maximum Gasteiger partial charge on any atom is 0.320 e. The summed E-state index contributed by atoms with van der Waals surface area (Å²) in [6, 6.07) is 9.22. The number of amides is 2. The fraction of sp³-hybridized carbons (Fsp3) is 0.333. The minimum Gasteiger partial charge on any atom is -0.492 e. The molecule has 0 radical (unpaired) electrons. The standard InChI is InChI=1S/C15H19N3O3/c1-3-12-5-4-6-13(10-12)20-8-7-16-15(19)17-14-9-11(2)21-18-14/h4-6,9-10H,3,7-8H2,1-2H3,(H2,16,17,18,19). The van der Waals surface area contributed by atoms with E-state index in [1.165, 1.54) is 5.56 Å². The lowest BCUT2D eigenvalue weighted by atomic mass is 10.2. The first-order valence-electron chi connectivity index (χ1n) is 6.87. The lowest BCUT2D eigenvalue weighted by Gasteiger charge is -2.08. The number of benzene rings is 1. The molecular formula is C15H19N3O3. The Morgan fingerprint density at radius 3 is 2.95 bits per heavy atom. The van der Waals surface area contributed by atoms with Gasteiger partial charge in [0.1, 0.15) is 18.1 Å². The van der Waals surface area contributed by atoms with E-state index in [-0.39, 0.29) is 6.03 Å². The third-order valence-corrected chi connectivity index (χ3v) is 2.83.